The van der Waals surface area contributed by atoms with Crippen molar-refractivity contribution in [1.82, 2.24) is 9.97 Å². The van der Waals surface area contributed by atoms with Crippen LogP contribution >= 0.6 is 34.0 Å². The van der Waals surface area contributed by atoms with Crippen LogP contribution in [0.1, 0.15) is 20.4 Å². The van der Waals surface area contributed by atoms with Crippen molar-refractivity contribution in [1.29, 1.82) is 0 Å². The van der Waals surface area contributed by atoms with Crippen LogP contribution in [-0.2, 0) is 22.6 Å². The minimum Gasteiger partial charge on any atom is -0.495 e. The molecule has 0 saturated carbocycles. The number of hydrogen-bond acceptors (Lipinski definition) is 10. The van der Waals surface area contributed by atoms with E-state index in [-0.39, 0.29) is 18.9 Å². The summed E-state index contributed by atoms with van der Waals surface area (Å²) in [7, 11) is 5.42. The highest BCUT2D eigenvalue weighted by Crippen LogP contribution is 2.34. The van der Waals surface area contributed by atoms with Gasteiger partial charge in [0.15, 0.2) is 5.13 Å². The lowest BCUT2D eigenvalue weighted by atomic mass is 10.3. The maximum absolute atomic E-state index is 12.4. The van der Waals surface area contributed by atoms with E-state index in [0.29, 0.717) is 27.0 Å². The molecule has 0 unspecified atom stereocenters. The van der Waals surface area contributed by atoms with Gasteiger partial charge in [0.1, 0.15) is 27.1 Å². The third kappa shape index (κ3) is 5.06. The number of para-hydroxylation sites is 2. The summed E-state index contributed by atoms with van der Waals surface area (Å²) in [6, 6.07) is 9.01. The molecule has 4 rings (SSSR count). The number of carbonyl (C=O) groups is 2. The van der Waals surface area contributed by atoms with E-state index in [0.717, 1.165) is 14.7 Å². The quantitative estimate of drug-likeness (QED) is 0.367. The van der Waals surface area contributed by atoms with Crippen molar-refractivity contribution in [2.75, 3.05) is 31.4 Å². The number of rotatable bonds is 8. The van der Waals surface area contributed by atoms with Crippen LogP contribution in [0.4, 0.5) is 10.8 Å². The van der Waals surface area contributed by atoms with Gasteiger partial charge in [-0.3, -0.25) is 4.79 Å². The van der Waals surface area contributed by atoms with Gasteiger partial charge in [-0.05, 0) is 18.2 Å². The zero-order chi connectivity index (χ0) is 22.7. The molecule has 0 fully saturated rings. The third-order valence-corrected chi connectivity index (χ3v) is 7.51. The number of hydrogen-bond donors (Lipinski definition) is 1. The van der Waals surface area contributed by atoms with Gasteiger partial charge < -0.3 is 19.7 Å². The SMILES string of the molecule is COc1ccccc1NC(=O)Cc1nc(COC(=O)c2cc3sc(N(C)C)nc3s2)cs1. The average Bonchev–Trinajstić information content (AvgIpc) is 3.47. The number of aromatic nitrogens is 2. The molecule has 32 heavy (non-hydrogen) atoms. The average molecular weight is 489 g/mol. The molecule has 1 aromatic carbocycles. The number of nitrogens with one attached hydrogen (secondary N) is 1. The largest absolute Gasteiger partial charge is 0.495 e. The smallest absolute Gasteiger partial charge is 0.348 e. The fourth-order valence-electron chi connectivity index (χ4n) is 2.80. The van der Waals surface area contributed by atoms with Gasteiger partial charge in [-0.15, -0.1) is 22.7 Å². The summed E-state index contributed by atoms with van der Waals surface area (Å²) in [5.74, 6) is -0.0140. The van der Waals surface area contributed by atoms with Crippen LogP contribution in [0.2, 0.25) is 0 Å². The first-order valence-corrected chi connectivity index (χ1v) is 12.0. The Morgan fingerprint density at radius 1 is 1.16 bits per heavy atom. The summed E-state index contributed by atoms with van der Waals surface area (Å²) in [4.78, 5) is 36.9. The number of thiophene rings is 1. The van der Waals surface area contributed by atoms with Crippen molar-refractivity contribution in [3.8, 4) is 5.75 Å². The second kappa shape index (κ2) is 9.63. The van der Waals surface area contributed by atoms with Gasteiger partial charge >= 0.3 is 5.97 Å². The van der Waals surface area contributed by atoms with Crippen molar-refractivity contribution in [3.63, 3.8) is 0 Å². The zero-order valence-electron chi connectivity index (χ0n) is 17.6. The van der Waals surface area contributed by atoms with Crippen LogP contribution in [0.3, 0.4) is 0 Å². The molecule has 0 bridgehead atoms. The van der Waals surface area contributed by atoms with Gasteiger partial charge in [0.05, 0.1) is 29.6 Å². The lowest BCUT2D eigenvalue weighted by molar-refractivity contribution is -0.115. The fraction of sp³-hybridized carbons (Fsp3) is 0.238. The van der Waals surface area contributed by atoms with E-state index >= 15 is 0 Å². The van der Waals surface area contributed by atoms with Crippen LogP contribution in [0.5, 0.6) is 5.75 Å². The van der Waals surface area contributed by atoms with Gasteiger partial charge in [-0.1, -0.05) is 23.5 Å². The first-order chi connectivity index (χ1) is 15.4. The monoisotopic (exact) mass is 488 g/mol. The number of carbonyl (C=O) groups excluding carboxylic acids is 2. The Kier molecular flexibility index (Phi) is 6.68. The van der Waals surface area contributed by atoms with Crippen molar-refractivity contribution >= 4 is 66.2 Å². The maximum Gasteiger partial charge on any atom is 0.348 e. The molecule has 1 N–H and O–H groups in total. The van der Waals surface area contributed by atoms with E-state index < -0.39 is 5.97 Å². The highest BCUT2D eigenvalue weighted by atomic mass is 32.1. The Balaban J connectivity index is 1.31. The molecule has 166 valence electrons. The Morgan fingerprint density at radius 3 is 2.72 bits per heavy atom. The standard InChI is InChI=1S/C21H20N4O4S3/c1-25(2)21-24-19-15(32-21)8-16(31-19)20(27)29-10-12-11-30-18(22-12)9-17(26)23-13-6-4-5-7-14(13)28-3/h4-8,11H,9-10H2,1-3H3,(H,23,26). The lowest BCUT2D eigenvalue weighted by Gasteiger charge is -2.08. The van der Waals surface area contributed by atoms with Crippen LogP contribution in [0, 0.1) is 0 Å². The van der Waals surface area contributed by atoms with Crippen LogP contribution in [0.25, 0.3) is 9.53 Å². The van der Waals surface area contributed by atoms with Crippen LogP contribution < -0.4 is 15.0 Å². The molecule has 0 radical (unpaired) electrons. The Labute approximate surface area is 196 Å². The van der Waals surface area contributed by atoms with Gasteiger partial charge in [0, 0.05) is 19.5 Å². The molecule has 0 aliphatic rings. The summed E-state index contributed by atoms with van der Waals surface area (Å²) >= 11 is 4.19. The molecule has 11 heteroatoms. The van der Waals surface area contributed by atoms with Crippen molar-refractivity contribution in [3.05, 3.63) is 51.3 Å². The Hall–Kier alpha value is -3.02. The first-order valence-electron chi connectivity index (χ1n) is 9.54. The molecule has 3 aromatic heterocycles. The van der Waals surface area contributed by atoms with E-state index in [9.17, 15) is 9.59 Å². The summed E-state index contributed by atoms with van der Waals surface area (Å²) in [6.07, 6.45) is 0.123. The molecule has 3 heterocycles. The first kappa shape index (κ1) is 22.2. The number of anilines is 2. The van der Waals surface area contributed by atoms with E-state index in [4.69, 9.17) is 9.47 Å². The normalized spacial score (nSPS) is 10.8. The third-order valence-electron chi connectivity index (χ3n) is 4.31. The van der Waals surface area contributed by atoms with Crippen molar-refractivity contribution in [2.24, 2.45) is 0 Å². The summed E-state index contributed by atoms with van der Waals surface area (Å²) in [5.41, 5.74) is 1.21. The van der Waals surface area contributed by atoms with Crippen LogP contribution in [-0.4, -0.2) is 43.0 Å². The van der Waals surface area contributed by atoms with E-state index in [1.165, 1.54) is 34.0 Å². The number of nitrogens with zero attached hydrogens (tertiary/aromatic N) is 3. The van der Waals surface area contributed by atoms with Gasteiger partial charge in [-0.2, -0.15) is 0 Å². The molecule has 0 aliphatic heterocycles. The number of methoxy groups -OCH3 is 1. The maximum atomic E-state index is 12.4. The van der Waals surface area contributed by atoms with E-state index in [1.54, 1.807) is 24.6 Å². The molecule has 0 saturated heterocycles. The molecule has 1 amide bonds. The summed E-state index contributed by atoms with van der Waals surface area (Å²) in [6.45, 7) is 0.0470. The van der Waals surface area contributed by atoms with Gasteiger partial charge in [0.25, 0.3) is 0 Å². The predicted octanol–water partition coefficient (Wildman–Crippen LogP) is 4.43. The summed E-state index contributed by atoms with van der Waals surface area (Å²) < 4.78 is 11.6. The second-order valence-electron chi connectivity index (χ2n) is 6.90. The minimum atomic E-state index is -0.407. The zero-order valence-corrected chi connectivity index (χ0v) is 20.0. The molecular formula is C21H20N4O4S3. The molecule has 0 aliphatic carbocycles. The van der Waals surface area contributed by atoms with Gasteiger partial charge in [0.2, 0.25) is 5.91 Å². The molecule has 0 atom stereocenters. The van der Waals surface area contributed by atoms with E-state index in [2.05, 4.69) is 15.3 Å². The number of amides is 1. The molecule has 8 nitrogen and oxygen atoms in total. The molecule has 4 aromatic rings. The van der Waals surface area contributed by atoms with Crippen LogP contribution in [0.15, 0.2) is 35.7 Å². The number of benzene rings is 1. The molecular weight excluding hydrogens is 468 g/mol. The summed E-state index contributed by atoms with van der Waals surface area (Å²) in [5, 5.41) is 6.15. The fourth-order valence-corrected chi connectivity index (χ4v) is 5.61. The number of ether oxygens (including phenoxy) is 2. The lowest BCUT2D eigenvalue weighted by Crippen LogP contribution is -2.15. The second-order valence-corrected chi connectivity index (χ2v) is 9.89. The molecule has 0 spiro atoms. The topological polar surface area (TPSA) is 93.7 Å². The highest BCUT2D eigenvalue weighted by Gasteiger charge is 2.17. The predicted molar refractivity (Wildman–Crippen MR) is 128 cm³/mol. The number of fused-ring (bicyclic) bond motifs is 1. The number of thiazole rings is 2. The number of esters is 1. The van der Waals surface area contributed by atoms with Gasteiger partial charge in [-0.25, -0.2) is 14.8 Å². The highest BCUT2D eigenvalue weighted by molar-refractivity contribution is 7.29. The van der Waals surface area contributed by atoms with E-state index in [1.807, 2.05) is 37.2 Å². The Morgan fingerprint density at radius 2 is 1.97 bits per heavy atom. The van der Waals surface area contributed by atoms with Crippen molar-refractivity contribution < 1.29 is 19.1 Å². The Bertz CT molecular complexity index is 1230. The van der Waals surface area contributed by atoms with Crippen molar-refractivity contribution in [2.45, 2.75) is 13.0 Å². The minimum absolute atomic E-state index is 0.0470.